The molecule has 6 heteroatoms. The van der Waals surface area contributed by atoms with Gasteiger partial charge in [0.1, 0.15) is 18.5 Å². The lowest BCUT2D eigenvalue weighted by Gasteiger charge is -2.36. The fourth-order valence-corrected chi connectivity index (χ4v) is 3.22. The third kappa shape index (κ3) is 4.03. The first kappa shape index (κ1) is 17.5. The molecule has 2 aromatic rings. The predicted octanol–water partition coefficient (Wildman–Crippen LogP) is 2.09. The van der Waals surface area contributed by atoms with Gasteiger partial charge in [0.2, 0.25) is 0 Å². The Hall–Kier alpha value is -2.31. The Morgan fingerprint density at radius 2 is 2.16 bits per heavy atom. The topological polar surface area (TPSA) is 63.9 Å². The summed E-state index contributed by atoms with van der Waals surface area (Å²) in [6.45, 7) is 4.70. The maximum absolute atomic E-state index is 11.5. The van der Waals surface area contributed by atoms with E-state index in [4.69, 9.17) is 9.47 Å². The van der Waals surface area contributed by atoms with Gasteiger partial charge in [0.15, 0.2) is 0 Å². The van der Waals surface area contributed by atoms with Crippen LogP contribution in [0.5, 0.6) is 5.75 Å². The van der Waals surface area contributed by atoms with Crippen LogP contribution in [-0.2, 0) is 11.3 Å². The van der Waals surface area contributed by atoms with Gasteiger partial charge in [0, 0.05) is 37.6 Å². The highest BCUT2D eigenvalue weighted by molar-refractivity contribution is 5.89. The molecule has 1 aliphatic heterocycles. The molecular formula is C19H24N2O4. The first-order valence-corrected chi connectivity index (χ1v) is 8.47. The van der Waals surface area contributed by atoms with E-state index in [1.807, 2.05) is 0 Å². The van der Waals surface area contributed by atoms with Crippen LogP contribution >= 0.6 is 0 Å². The molecule has 1 aliphatic rings. The van der Waals surface area contributed by atoms with Crippen molar-refractivity contribution < 1.29 is 19.4 Å². The van der Waals surface area contributed by atoms with E-state index >= 15 is 0 Å². The Morgan fingerprint density at radius 3 is 2.96 bits per heavy atom. The average molecular weight is 344 g/mol. The van der Waals surface area contributed by atoms with Gasteiger partial charge in [-0.2, -0.15) is 0 Å². The van der Waals surface area contributed by atoms with Crippen molar-refractivity contribution >= 4 is 5.97 Å². The summed E-state index contributed by atoms with van der Waals surface area (Å²) in [6, 6.07) is 11.2. The molecule has 2 atom stereocenters. The van der Waals surface area contributed by atoms with Crippen LogP contribution in [0.3, 0.4) is 0 Å². The zero-order valence-electron chi connectivity index (χ0n) is 14.6. The number of hydrogen-bond acceptors (Lipinski definition) is 5. The smallest absolute Gasteiger partial charge is 0.337 e. The van der Waals surface area contributed by atoms with E-state index in [-0.39, 0.29) is 12.6 Å². The molecular weight excluding hydrogens is 320 g/mol. The second kappa shape index (κ2) is 7.72. The number of aromatic nitrogens is 1. The number of fused-ring (bicyclic) bond motifs is 1. The van der Waals surface area contributed by atoms with Crippen molar-refractivity contribution in [2.75, 3.05) is 26.8 Å². The molecule has 0 fully saturated rings. The van der Waals surface area contributed by atoms with E-state index in [1.54, 1.807) is 24.3 Å². The standard InChI is InChI=1S/C19H24N2O4/c1-14-18-7-4-8-20(18)9-10-21(14)12-16(22)13-25-17-6-3-5-15(11-17)19(23)24-2/h3-8,11,14,16,22H,9-10,12-13H2,1-2H3/t14-,16-/m1/s1. The fraction of sp³-hybridized carbons (Fsp3) is 0.421. The van der Waals surface area contributed by atoms with Gasteiger partial charge in [0.05, 0.1) is 12.7 Å². The van der Waals surface area contributed by atoms with Gasteiger partial charge >= 0.3 is 5.97 Å². The number of rotatable bonds is 6. The van der Waals surface area contributed by atoms with Gasteiger partial charge in [-0.1, -0.05) is 6.07 Å². The number of β-amino-alcohol motifs (C(OH)–C–C–N with tert-alkyl or cyclic N) is 1. The van der Waals surface area contributed by atoms with Gasteiger partial charge in [-0.3, -0.25) is 4.90 Å². The molecule has 0 saturated heterocycles. The van der Waals surface area contributed by atoms with E-state index in [9.17, 15) is 9.90 Å². The molecule has 1 aromatic heterocycles. The van der Waals surface area contributed by atoms with E-state index in [0.717, 1.165) is 13.1 Å². The van der Waals surface area contributed by atoms with Crippen molar-refractivity contribution in [3.63, 3.8) is 0 Å². The summed E-state index contributed by atoms with van der Waals surface area (Å²) in [5, 5.41) is 10.3. The van der Waals surface area contributed by atoms with Crippen molar-refractivity contribution in [2.45, 2.75) is 25.6 Å². The normalized spacial score (nSPS) is 18.4. The second-order valence-corrected chi connectivity index (χ2v) is 6.28. The maximum atomic E-state index is 11.5. The maximum Gasteiger partial charge on any atom is 0.337 e. The van der Waals surface area contributed by atoms with Gasteiger partial charge < -0.3 is 19.1 Å². The van der Waals surface area contributed by atoms with Crippen LogP contribution in [0.15, 0.2) is 42.6 Å². The largest absolute Gasteiger partial charge is 0.491 e. The molecule has 0 aliphatic carbocycles. The van der Waals surface area contributed by atoms with Gasteiger partial charge in [-0.25, -0.2) is 4.79 Å². The number of hydrogen-bond donors (Lipinski definition) is 1. The Balaban J connectivity index is 1.53. The number of benzene rings is 1. The quantitative estimate of drug-likeness (QED) is 0.813. The molecule has 25 heavy (non-hydrogen) atoms. The Morgan fingerprint density at radius 1 is 1.32 bits per heavy atom. The van der Waals surface area contributed by atoms with Gasteiger partial charge in [0.25, 0.3) is 0 Å². The molecule has 1 aromatic carbocycles. The molecule has 1 N–H and O–H groups in total. The molecule has 0 amide bonds. The molecule has 134 valence electrons. The van der Waals surface area contributed by atoms with Crippen LogP contribution in [0.4, 0.5) is 0 Å². The third-order valence-electron chi connectivity index (χ3n) is 4.61. The molecule has 6 nitrogen and oxygen atoms in total. The van der Waals surface area contributed by atoms with Crippen molar-refractivity contribution in [2.24, 2.45) is 0 Å². The highest BCUT2D eigenvalue weighted by atomic mass is 16.5. The zero-order valence-corrected chi connectivity index (χ0v) is 14.6. The monoisotopic (exact) mass is 344 g/mol. The molecule has 0 spiro atoms. The van der Waals surface area contributed by atoms with Crippen LogP contribution in [-0.4, -0.2) is 53.5 Å². The SMILES string of the molecule is COC(=O)c1cccc(OC[C@H](O)CN2CCn3cccc3[C@H]2C)c1. The lowest BCUT2D eigenvalue weighted by atomic mass is 10.1. The van der Waals surface area contributed by atoms with Gasteiger partial charge in [-0.15, -0.1) is 0 Å². The van der Waals surface area contributed by atoms with E-state index in [0.29, 0.717) is 17.9 Å². The minimum atomic E-state index is -0.606. The van der Waals surface area contributed by atoms with Crippen molar-refractivity contribution in [3.8, 4) is 5.75 Å². The zero-order chi connectivity index (χ0) is 17.8. The van der Waals surface area contributed by atoms with Crippen LogP contribution in [0.2, 0.25) is 0 Å². The van der Waals surface area contributed by atoms with Crippen molar-refractivity contribution in [1.82, 2.24) is 9.47 Å². The van der Waals surface area contributed by atoms with Crippen LogP contribution in [0, 0.1) is 0 Å². The Labute approximate surface area is 147 Å². The minimum Gasteiger partial charge on any atom is -0.491 e. The summed E-state index contributed by atoms with van der Waals surface area (Å²) in [4.78, 5) is 13.8. The third-order valence-corrected chi connectivity index (χ3v) is 4.61. The second-order valence-electron chi connectivity index (χ2n) is 6.28. The number of methoxy groups -OCH3 is 1. The van der Waals surface area contributed by atoms with Crippen molar-refractivity contribution in [1.29, 1.82) is 0 Å². The fourth-order valence-electron chi connectivity index (χ4n) is 3.22. The molecule has 2 heterocycles. The number of esters is 1. The number of ether oxygens (including phenoxy) is 2. The van der Waals surface area contributed by atoms with Crippen LogP contribution in [0.25, 0.3) is 0 Å². The molecule has 0 bridgehead atoms. The van der Waals surface area contributed by atoms with Crippen molar-refractivity contribution in [3.05, 3.63) is 53.9 Å². The number of aliphatic hydroxyl groups is 1. The number of carbonyl (C=O) groups excluding carboxylic acids is 1. The highest BCUT2D eigenvalue weighted by Gasteiger charge is 2.25. The Bertz CT molecular complexity index is 728. The summed E-state index contributed by atoms with van der Waals surface area (Å²) in [5.41, 5.74) is 1.70. The summed E-state index contributed by atoms with van der Waals surface area (Å²) in [6.07, 6.45) is 1.49. The highest BCUT2D eigenvalue weighted by Crippen LogP contribution is 2.25. The molecule has 3 rings (SSSR count). The lowest BCUT2D eigenvalue weighted by Crippen LogP contribution is -2.42. The summed E-state index contributed by atoms with van der Waals surface area (Å²) < 4.78 is 12.6. The first-order valence-electron chi connectivity index (χ1n) is 8.47. The Kier molecular flexibility index (Phi) is 5.40. The summed E-state index contributed by atoms with van der Waals surface area (Å²) in [5.74, 6) is 0.138. The average Bonchev–Trinajstić information content (AvgIpc) is 3.11. The first-order chi connectivity index (χ1) is 12.1. The molecule has 0 unspecified atom stereocenters. The molecule has 0 saturated carbocycles. The number of nitrogens with zero attached hydrogens (tertiary/aromatic N) is 2. The summed E-state index contributed by atoms with van der Waals surface area (Å²) >= 11 is 0. The predicted molar refractivity (Wildman–Crippen MR) is 93.7 cm³/mol. The molecule has 0 radical (unpaired) electrons. The van der Waals surface area contributed by atoms with Crippen LogP contribution < -0.4 is 4.74 Å². The van der Waals surface area contributed by atoms with E-state index in [2.05, 4.69) is 34.7 Å². The van der Waals surface area contributed by atoms with E-state index in [1.165, 1.54) is 12.8 Å². The number of carbonyl (C=O) groups is 1. The van der Waals surface area contributed by atoms with Crippen LogP contribution in [0.1, 0.15) is 29.0 Å². The van der Waals surface area contributed by atoms with E-state index < -0.39 is 12.1 Å². The lowest BCUT2D eigenvalue weighted by molar-refractivity contribution is 0.0452. The van der Waals surface area contributed by atoms with Gasteiger partial charge in [-0.05, 0) is 37.3 Å². The number of aliphatic hydroxyl groups excluding tert-OH is 1. The minimum absolute atomic E-state index is 0.175. The summed E-state index contributed by atoms with van der Waals surface area (Å²) in [7, 11) is 1.34.